The average molecular weight is 180 g/mol. The molecule has 0 aromatic carbocycles. The monoisotopic (exact) mass is 180 g/mol. The number of nitrogens with zero attached hydrogens (tertiary/aromatic N) is 2. The number of hydrogen-bond acceptors (Lipinski definition) is 2. The second-order valence-corrected chi connectivity index (χ2v) is 3.58. The standard InChI is InChI=1S/C10H16N2O/c1-2-10-11-4-5-12(10)7-9-3-6-13-8-9/h4-5,9H,2-3,6-8H2,1H3. The van der Waals surface area contributed by atoms with Crippen LogP contribution in [0.3, 0.4) is 0 Å². The molecular formula is C10H16N2O. The van der Waals surface area contributed by atoms with Crippen molar-refractivity contribution < 1.29 is 4.74 Å². The molecule has 1 aromatic heterocycles. The summed E-state index contributed by atoms with van der Waals surface area (Å²) in [5.41, 5.74) is 0. The van der Waals surface area contributed by atoms with E-state index in [9.17, 15) is 0 Å². The molecule has 0 saturated carbocycles. The van der Waals surface area contributed by atoms with Crippen LogP contribution in [0.25, 0.3) is 0 Å². The molecule has 0 spiro atoms. The lowest BCUT2D eigenvalue weighted by Crippen LogP contribution is -2.12. The van der Waals surface area contributed by atoms with Crippen LogP contribution in [0.5, 0.6) is 0 Å². The predicted octanol–water partition coefficient (Wildman–Crippen LogP) is 1.48. The molecule has 72 valence electrons. The van der Waals surface area contributed by atoms with Gasteiger partial charge in [0.15, 0.2) is 0 Å². The highest BCUT2D eigenvalue weighted by atomic mass is 16.5. The largest absolute Gasteiger partial charge is 0.381 e. The maximum atomic E-state index is 5.35. The fourth-order valence-electron chi connectivity index (χ4n) is 1.83. The highest BCUT2D eigenvalue weighted by Gasteiger charge is 2.16. The number of rotatable bonds is 3. The summed E-state index contributed by atoms with van der Waals surface area (Å²) in [7, 11) is 0. The average Bonchev–Trinajstić information content (AvgIpc) is 2.76. The molecule has 0 radical (unpaired) electrons. The Kier molecular flexibility index (Phi) is 2.64. The van der Waals surface area contributed by atoms with E-state index in [1.54, 1.807) is 0 Å². The van der Waals surface area contributed by atoms with Crippen molar-refractivity contribution in [3.05, 3.63) is 18.2 Å². The predicted molar refractivity (Wildman–Crippen MR) is 50.5 cm³/mol. The molecular weight excluding hydrogens is 164 g/mol. The Morgan fingerprint density at radius 1 is 1.69 bits per heavy atom. The summed E-state index contributed by atoms with van der Waals surface area (Å²) in [6.45, 7) is 5.06. The summed E-state index contributed by atoms with van der Waals surface area (Å²) in [6, 6.07) is 0. The van der Waals surface area contributed by atoms with Crippen molar-refractivity contribution >= 4 is 0 Å². The Hall–Kier alpha value is -0.830. The Morgan fingerprint density at radius 2 is 2.62 bits per heavy atom. The third-order valence-corrected chi connectivity index (χ3v) is 2.60. The minimum Gasteiger partial charge on any atom is -0.381 e. The van der Waals surface area contributed by atoms with E-state index in [0.29, 0.717) is 5.92 Å². The van der Waals surface area contributed by atoms with Gasteiger partial charge in [0.05, 0.1) is 6.61 Å². The van der Waals surface area contributed by atoms with E-state index < -0.39 is 0 Å². The van der Waals surface area contributed by atoms with Gasteiger partial charge in [-0.2, -0.15) is 0 Å². The summed E-state index contributed by atoms with van der Waals surface area (Å²) >= 11 is 0. The molecule has 1 aliphatic heterocycles. The first-order chi connectivity index (χ1) is 6.40. The fraction of sp³-hybridized carbons (Fsp3) is 0.700. The molecule has 3 heteroatoms. The fourth-order valence-corrected chi connectivity index (χ4v) is 1.83. The van der Waals surface area contributed by atoms with E-state index in [4.69, 9.17) is 4.74 Å². The quantitative estimate of drug-likeness (QED) is 0.704. The van der Waals surface area contributed by atoms with Crippen LogP contribution in [0.15, 0.2) is 12.4 Å². The van der Waals surface area contributed by atoms with E-state index in [0.717, 1.165) is 26.2 Å². The first kappa shape index (κ1) is 8.75. The summed E-state index contributed by atoms with van der Waals surface area (Å²) in [5, 5.41) is 0. The molecule has 0 aliphatic carbocycles. The molecule has 2 rings (SSSR count). The lowest BCUT2D eigenvalue weighted by atomic mass is 10.1. The van der Waals surface area contributed by atoms with Crippen molar-refractivity contribution in [2.24, 2.45) is 5.92 Å². The third-order valence-electron chi connectivity index (χ3n) is 2.60. The van der Waals surface area contributed by atoms with Gasteiger partial charge >= 0.3 is 0 Å². The van der Waals surface area contributed by atoms with Gasteiger partial charge in [-0.1, -0.05) is 6.92 Å². The van der Waals surface area contributed by atoms with Gasteiger partial charge in [-0.15, -0.1) is 0 Å². The molecule has 1 unspecified atom stereocenters. The van der Waals surface area contributed by atoms with Crippen LogP contribution in [0.2, 0.25) is 0 Å². The minimum absolute atomic E-state index is 0.694. The smallest absolute Gasteiger partial charge is 0.108 e. The topological polar surface area (TPSA) is 27.1 Å². The van der Waals surface area contributed by atoms with Gasteiger partial charge < -0.3 is 9.30 Å². The molecule has 1 aromatic rings. The van der Waals surface area contributed by atoms with Crippen molar-refractivity contribution in [3.8, 4) is 0 Å². The molecule has 2 heterocycles. The molecule has 1 atom stereocenters. The van der Waals surface area contributed by atoms with Crippen molar-refractivity contribution in [2.45, 2.75) is 26.3 Å². The SMILES string of the molecule is CCc1nccn1CC1CCOC1. The van der Waals surface area contributed by atoms with E-state index >= 15 is 0 Å². The van der Waals surface area contributed by atoms with Gasteiger partial charge in [-0.05, 0) is 6.42 Å². The highest BCUT2D eigenvalue weighted by Crippen LogP contribution is 2.15. The zero-order valence-electron chi connectivity index (χ0n) is 8.07. The minimum atomic E-state index is 0.694. The molecule has 1 saturated heterocycles. The third kappa shape index (κ3) is 1.91. The van der Waals surface area contributed by atoms with E-state index in [2.05, 4.69) is 22.7 Å². The van der Waals surface area contributed by atoms with Crippen LogP contribution < -0.4 is 0 Å². The summed E-state index contributed by atoms with van der Waals surface area (Å²) in [4.78, 5) is 4.30. The van der Waals surface area contributed by atoms with Crippen LogP contribution in [-0.4, -0.2) is 22.8 Å². The Morgan fingerprint density at radius 3 is 3.31 bits per heavy atom. The maximum absolute atomic E-state index is 5.35. The van der Waals surface area contributed by atoms with Crippen LogP contribution in [0, 0.1) is 5.92 Å². The van der Waals surface area contributed by atoms with Gasteiger partial charge in [0.1, 0.15) is 5.82 Å². The zero-order valence-corrected chi connectivity index (χ0v) is 8.07. The number of imidazole rings is 1. The van der Waals surface area contributed by atoms with Crippen LogP contribution in [0.1, 0.15) is 19.2 Å². The molecule has 1 fully saturated rings. The highest BCUT2D eigenvalue weighted by molar-refractivity contribution is 4.92. The van der Waals surface area contributed by atoms with Crippen LogP contribution in [0.4, 0.5) is 0 Å². The maximum Gasteiger partial charge on any atom is 0.108 e. The van der Waals surface area contributed by atoms with Crippen molar-refractivity contribution in [1.29, 1.82) is 0 Å². The van der Waals surface area contributed by atoms with Gasteiger partial charge in [-0.3, -0.25) is 0 Å². The summed E-state index contributed by atoms with van der Waals surface area (Å²) in [5.74, 6) is 1.88. The normalized spacial score (nSPS) is 22.4. The first-order valence-electron chi connectivity index (χ1n) is 4.98. The second kappa shape index (κ2) is 3.92. The van der Waals surface area contributed by atoms with Crippen LogP contribution in [-0.2, 0) is 17.7 Å². The number of aromatic nitrogens is 2. The number of ether oxygens (including phenoxy) is 1. The van der Waals surface area contributed by atoms with Crippen molar-refractivity contribution in [3.63, 3.8) is 0 Å². The summed E-state index contributed by atoms with van der Waals surface area (Å²) in [6.07, 6.45) is 6.16. The molecule has 0 bridgehead atoms. The van der Waals surface area contributed by atoms with Crippen molar-refractivity contribution in [1.82, 2.24) is 9.55 Å². The van der Waals surface area contributed by atoms with Crippen molar-refractivity contribution in [2.75, 3.05) is 13.2 Å². The van der Waals surface area contributed by atoms with Crippen LogP contribution >= 0.6 is 0 Å². The van der Waals surface area contributed by atoms with E-state index in [1.807, 2.05) is 6.20 Å². The molecule has 1 aliphatic rings. The second-order valence-electron chi connectivity index (χ2n) is 3.58. The Balaban J connectivity index is 1.99. The molecule has 0 N–H and O–H groups in total. The Labute approximate surface area is 78.7 Å². The van der Waals surface area contributed by atoms with E-state index in [1.165, 1.54) is 12.2 Å². The molecule has 13 heavy (non-hydrogen) atoms. The zero-order chi connectivity index (χ0) is 9.10. The first-order valence-corrected chi connectivity index (χ1v) is 4.98. The summed E-state index contributed by atoms with van der Waals surface area (Å²) < 4.78 is 7.59. The van der Waals surface area contributed by atoms with E-state index in [-0.39, 0.29) is 0 Å². The van der Waals surface area contributed by atoms with Gasteiger partial charge in [0.2, 0.25) is 0 Å². The Bertz CT molecular complexity index is 264. The lowest BCUT2D eigenvalue weighted by Gasteiger charge is -2.10. The molecule has 3 nitrogen and oxygen atoms in total. The molecule has 0 amide bonds. The lowest BCUT2D eigenvalue weighted by molar-refractivity contribution is 0.182. The van der Waals surface area contributed by atoms with Gasteiger partial charge in [0.25, 0.3) is 0 Å². The van der Waals surface area contributed by atoms with Gasteiger partial charge in [0, 0.05) is 37.9 Å². The number of hydrogen-bond donors (Lipinski definition) is 0. The number of aryl methyl sites for hydroxylation is 1. The van der Waals surface area contributed by atoms with Gasteiger partial charge in [-0.25, -0.2) is 4.98 Å².